The van der Waals surface area contributed by atoms with E-state index in [1.54, 1.807) is 43.2 Å². The van der Waals surface area contributed by atoms with Gasteiger partial charge in [-0.2, -0.15) is 0 Å². The van der Waals surface area contributed by atoms with E-state index in [1.165, 1.54) is 0 Å². The lowest BCUT2D eigenvalue weighted by Crippen LogP contribution is -2.32. The van der Waals surface area contributed by atoms with E-state index in [9.17, 15) is 9.59 Å². The molecule has 0 fully saturated rings. The molecule has 0 aromatic heterocycles. The standard InChI is InChI=1S/C20H23NO4/c1-3-25-19(22)13-14-21(15-16-7-5-4-6-8-16)20(23)17-9-11-18(24-2)12-10-17/h4-12H,3,13-15H2,1-2H3. The van der Waals surface area contributed by atoms with Crippen LogP contribution in [-0.4, -0.2) is 37.0 Å². The van der Waals surface area contributed by atoms with Crippen molar-refractivity contribution in [3.05, 3.63) is 65.7 Å². The number of methoxy groups -OCH3 is 1. The molecule has 0 spiro atoms. The topological polar surface area (TPSA) is 55.8 Å². The molecule has 2 rings (SSSR count). The molecular formula is C20H23NO4. The second-order valence-corrected chi connectivity index (χ2v) is 5.50. The number of nitrogens with zero attached hydrogens (tertiary/aromatic N) is 1. The van der Waals surface area contributed by atoms with Gasteiger partial charge in [-0.3, -0.25) is 9.59 Å². The van der Waals surface area contributed by atoms with E-state index in [0.717, 1.165) is 5.56 Å². The maximum atomic E-state index is 12.9. The molecule has 132 valence electrons. The third-order valence-corrected chi connectivity index (χ3v) is 3.73. The minimum absolute atomic E-state index is 0.129. The summed E-state index contributed by atoms with van der Waals surface area (Å²) in [7, 11) is 1.58. The fourth-order valence-electron chi connectivity index (χ4n) is 2.43. The molecular weight excluding hydrogens is 318 g/mol. The minimum Gasteiger partial charge on any atom is -0.497 e. The molecule has 0 N–H and O–H groups in total. The summed E-state index contributed by atoms with van der Waals surface area (Å²) < 4.78 is 10.1. The Bertz CT molecular complexity index is 683. The smallest absolute Gasteiger partial charge is 0.307 e. The Hall–Kier alpha value is -2.82. The summed E-state index contributed by atoms with van der Waals surface area (Å²) in [5.41, 5.74) is 1.56. The Balaban J connectivity index is 2.13. The number of benzene rings is 2. The van der Waals surface area contributed by atoms with Gasteiger partial charge in [0.1, 0.15) is 5.75 Å². The third kappa shape index (κ3) is 5.64. The van der Waals surface area contributed by atoms with Gasteiger partial charge in [0.15, 0.2) is 0 Å². The number of carbonyl (C=O) groups is 2. The summed E-state index contributed by atoms with van der Waals surface area (Å²) in [5.74, 6) is 0.261. The summed E-state index contributed by atoms with van der Waals surface area (Å²) in [4.78, 5) is 26.2. The van der Waals surface area contributed by atoms with Gasteiger partial charge in [0.2, 0.25) is 0 Å². The molecule has 0 bridgehead atoms. The largest absolute Gasteiger partial charge is 0.497 e. The predicted octanol–water partition coefficient (Wildman–Crippen LogP) is 3.29. The summed E-state index contributed by atoms with van der Waals surface area (Å²) >= 11 is 0. The second-order valence-electron chi connectivity index (χ2n) is 5.50. The summed E-state index contributed by atoms with van der Waals surface area (Å²) in [5, 5.41) is 0. The van der Waals surface area contributed by atoms with Crippen molar-refractivity contribution in [2.75, 3.05) is 20.3 Å². The van der Waals surface area contributed by atoms with E-state index in [-0.39, 0.29) is 18.3 Å². The SMILES string of the molecule is CCOC(=O)CCN(Cc1ccccc1)C(=O)c1ccc(OC)cc1. The Morgan fingerprint density at radius 1 is 1.00 bits per heavy atom. The van der Waals surface area contributed by atoms with Crippen molar-refractivity contribution in [1.29, 1.82) is 0 Å². The Morgan fingerprint density at radius 2 is 1.68 bits per heavy atom. The van der Waals surface area contributed by atoms with Crippen molar-refractivity contribution < 1.29 is 19.1 Å². The monoisotopic (exact) mass is 341 g/mol. The quantitative estimate of drug-likeness (QED) is 0.692. The predicted molar refractivity (Wildman–Crippen MR) is 95.4 cm³/mol. The molecule has 0 unspecified atom stereocenters. The number of ether oxygens (including phenoxy) is 2. The first-order valence-corrected chi connectivity index (χ1v) is 8.27. The Kier molecular flexibility index (Phi) is 7.01. The number of carbonyl (C=O) groups excluding carboxylic acids is 2. The molecule has 0 radical (unpaired) electrons. The number of hydrogen-bond donors (Lipinski definition) is 0. The average molecular weight is 341 g/mol. The minimum atomic E-state index is -0.303. The Morgan fingerprint density at radius 3 is 2.28 bits per heavy atom. The number of esters is 1. The van der Waals surface area contributed by atoms with Crippen LogP contribution < -0.4 is 4.74 Å². The summed E-state index contributed by atoms with van der Waals surface area (Å²) in [6, 6.07) is 16.6. The van der Waals surface area contributed by atoms with Crippen LogP contribution in [0.25, 0.3) is 0 Å². The van der Waals surface area contributed by atoms with Gasteiger partial charge in [-0.15, -0.1) is 0 Å². The molecule has 5 nitrogen and oxygen atoms in total. The molecule has 0 aliphatic rings. The highest BCUT2D eigenvalue weighted by Gasteiger charge is 2.18. The molecule has 2 aromatic carbocycles. The Labute approximate surface area is 148 Å². The van der Waals surface area contributed by atoms with Gasteiger partial charge in [0.25, 0.3) is 5.91 Å². The normalized spacial score (nSPS) is 10.2. The fraction of sp³-hybridized carbons (Fsp3) is 0.300. The maximum Gasteiger partial charge on any atom is 0.307 e. The van der Waals surface area contributed by atoms with Crippen molar-refractivity contribution in [2.24, 2.45) is 0 Å². The second kappa shape index (κ2) is 9.47. The van der Waals surface area contributed by atoms with Crippen LogP contribution in [0.15, 0.2) is 54.6 Å². The van der Waals surface area contributed by atoms with E-state index in [2.05, 4.69) is 0 Å². The van der Waals surface area contributed by atoms with Gasteiger partial charge >= 0.3 is 5.97 Å². The fourth-order valence-corrected chi connectivity index (χ4v) is 2.43. The van der Waals surface area contributed by atoms with Crippen LogP contribution in [0.2, 0.25) is 0 Å². The molecule has 0 saturated carbocycles. The maximum absolute atomic E-state index is 12.9. The van der Waals surface area contributed by atoms with Crippen LogP contribution in [0.3, 0.4) is 0 Å². The first kappa shape index (κ1) is 18.5. The van der Waals surface area contributed by atoms with Crippen molar-refractivity contribution in [3.63, 3.8) is 0 Å². The van der Waals surface area contributed by atoms with E-state index in [4.69, 9.17) is 9.47 Å². The molecule has 1 amide bonds. The zero-order valence-electron chi connectivity index (χ0n) is 14.6. The van der Waals surface area contributed by atoms with Crippen molar-refractivity contribution >= 4 is 11.9 Å². The molecule has 0 atom stereocenters. The van der Waals surface area contributed by atoms with Gasteiger partial charge in [0, 0.05) is 18.7 Å². The molecule has 0 saturated heterocycles. The zero-order chi connectivity index (χ0) is 18.1. The van der Waals surface area contributed by atoms with Crippen molar-refractivity contribution in [3.8, 4) is 5.75 Å². The zero-order valence-corrected chi connectivity index (χ0v) is 14.6. The van der Waals surface area contributed by atoms with Crippen LogP contribution >= 0.6 is 0 Å². The van der Waals surface area contributed by atoms with Gasteiger partial charge in [0.05, 0.1) is 20.1 Å². The molecule has 25 heavy (non-hydrogen) atoms. The molecule has 0 aliphatic heterocycles. The lowest BCUT2D eigenvalue weighted by molar-refractivity contribution is -0.143. The highest BCUT2D eigenvalue weighted by atomic mass is 16.5. The first-order chi connectivity index (χ1) is 12.1. The van der Waals surface area contributed by atoms with Crippen molar-refractivity contribution in [2.45, 2.75) is 19.9 Å². The van der Waals surface area contributed by atoms with E-state index in [0.29, 0.717) is 31.0 Å². The molecule has 0 aliphatic carbocycles. The van der Waals surface area contributed by atoms with Crippen LogP contribution in [0, 0.1) is 0 Å². The average Bonchev–Trinajstić information content (AvgIpc) is 2.65. The van der Waals surface area contributed by atoms with Crippen molar-refractivity contribution in [1.82, 2.24) is 4.90 Å². The highest BCUT2D eigenvalue weighted by Crippen LogP contribution is 2.15. The van der Waals surface area contributed by atoms with Gasteiger partial charge < -0.3 is 14.4 Å². The highest BCUT2D eigenvalue weighted by molar-refractivity contribution is 5.94. The molecule has 2 aromatic rings. The lowest BCUT2D eigenvalue weighted by Gasteiger charge is -2.23. The van der Waals surface area contributed by atoms with Crippen LogP contribution in [-0.2, 0) is 16.1 Å². The molecule has 5 heteroatoms. The van der Waals surface area contributed by atoms with Crippen LogP contribution in [0.1, 0.15) is 29.3 Å². The third-order valence-electron chi connectivity index (χ3n) is 3.73. The number of rotatable bonds is 8. The van der Waals surface area contributed by atoms with Crippen LogP contribution in [0.5, 0.6) is 5.75 Å². The van der Waals surface area contributed by atoms with Crippen LogP contribution in [0.4, 0.5) is 0 Å². The van der Waals surface area contributed by atoms with Gasteiger partial charge in [-0.1, -0.05) is 30.3 Å². The first-order valence-electron chi connectivity index (χ1n) is 8.27. The summed E-state index contributed by atoms with van der Waals surface area (Å²) in [6.45, 7) is 2.84. The summed E-state index contributed by atoms with van der Waals surface area (Å²) in [6.07, 6.45) is 0.169. The van der Waals surface area contributed by atoms with Gasteiger partial charge in [-0.25, -0.2) is 0 Å². The molecule has 0 heterocycles. The lowest BCUT2D eigenvalue weighted by atomic mass is 10.1. The van der Waals surface area contributed by atoms with E-state index < -0.39 is 0 Å². The van der Waals surface area contributed by atoms with E-state index >= 15 is 0 Å². The number of hydrogen-bond acceptors (Lipinski definition) is 4. The van der Waals surface area contributed by atoms with E-state index in [1.807, 2.05) is 30.3 Å². The number of amides is 1. The van der Waals surface area contributed by atoms with Gasteiger partial charge in [-0.05, 0) is 36.8 Å².